The number of benzene rings is 1. The SMILES string of the molecule is CCCCC1CCC(C(=O)N2CCC(Oc3nc4ccc(OC)cc4s3)CC2)CC1. The Morgan fingerprint density at radius 3 is 2.63 bits per heavy atom. The zero-order valence-electron chi connectivity index (χ0n) is 18.3. The third kappa shape index (κ3) is 5.08. The number of nitrogens with zero attached hydrogens (tertiary/aromatic N) is 2. The Labute approximate surface area is 183 Å². The molecule has 0 radical (unpaired) electrons. The van der Waals surface area contributed by atoms with Gasteiger partial charge in [-0.25, -0.2) is 4.98 Å². The van der Waals surface area contributed by atoms with Gasteiger partial charge in [-0.1, -0.05) is 37.5 Å². The molecule has 0 unspecified atom stereocenters. The van der Waals surface area contributed by atoms with E-state index in [0.29, 0.717) is 11.1 Å². The number of aromatic nitrogens is 1. The van der Waals surface area contributed by atoms with E-state index in [1.165, 1.54) is 32.1 Å². The molecule has 0 N–H and O–H groups in total. The second-order valence-corrected chi connectivity index (χ2v) is 9.81. The minimum absolute atomic E-state index is 0.140. The van der Waals surface area contributed by atoms with Crippen molar-refractivity contribution in [3.8, 4) is 10.9 Å². The molecule has 6 heteroatoms. The number of thiazole rings is 1. The van der Waals surface area contributed by atoms with Crippen LogP contribution in [0.3, 0.4) is 0 Å². The molecule has 2 heterocycles. The average Bonchev–Trinajstić information content (AvgIpc) is 3.19. The molecule has 1 aromatic carbocycles. The van der Waals surface area contributed by atoms with E-state index in [9.17, 15) is 4.79 Å². The summed E-state index contributed by atoms with van der Waals surface area (Å²) in [6.07, 6.45) is 10.5. The molecule has 4 rings (SSSR count). The first-order chi connectivity index (χ1) is 14.7. The number of hydrogen-bond acceptors (Lipinski definition) is 5. The van der Waals surface area contributed by atoms with Gasteiger partial charge in [0.15, 0.2) is 0 Å². The lowest BCUT2D eigenvalue weighted by molar-refractivity contribution is -0.138. The third-order valence-corrected chi connectivity index (χ3v) is 7.67. The summed E-state index contributed by atoms with van der Waals surface area (Å²) in [6.45, 7) is 3.87. The van der Waals surface area contributed by atoms with E-state index in [0.717, 1.165) is 60.7 Å². The summed E-state index contributed by atoms with van der Waals surface area (Å²) in [7, 11) is 1.67. The predicted octanol–water partition coefficient (Wildman–Crippen LogP) is 5.67. The summed E-state index contributed by atoms with van der Waals surface area (Å²) in [5, 5.41) is 0.716. The van der Waals surface area contributed by atoms with Crippen molar-refractivity contribution in [3.05, 3.63) is 18.2 Å². The van der Waals surface area contributed by atoms with Gasteiger partial charge in [0.1, 0.15) is 11.9 Å². The maximum absolute atomic E-state index is 13.0. The Morgan fingerprint density at radius 1 is 1.17 bits per heavy atom. The summed E-state index contributed by atoms with van der Waals surface area (Å²) < 4.78 is 12.5. The average molecular weight is 431 g/mol. The number of rotatable bonds is 7. The standard InChI is InChI=1S/C24H34N2O3S/c1-3-4-5-17-6-8-18(9-7-17)23(27)26-14-12-19(13-15-26)29-24-25-21-11-10-20(28-2)16-22(21)30-24/h10-11,16-19H,3-9,12-15H2,1-2H3. The molecule has 1 saturated heterocycles. The second kappa shape index (κ2) is 9.99. The van der Waals surface area contributed by atoms with Gasteiger partial charge in [-0.05, 0) is 49.8 Å². The van der Waals surface area contributed by atoms with Crippen LogP contribution in [0.25, 0.3) is 10.2 Å². The first kappa shape index (κ1) is 21.4. The van der Waals surface area contributed by atoms with Gasteiger partial charge in [0.05, 0.1) is 17.3 Å². The summed E-state index contributed by atoms with van der Waals surface area (Å²) in [4.78, 5) is 19.7. The first-order valence-electron chi connectivity index (χ1n) is 11.6. The van der Waals surface area contributed by atoms with E-state index in [1.807, 2.05) is 18.2 Å². The van der Waals surface area contributed by atoms with E-state index in [2.05, 4.69) is 16.8 Å². The zero-order valence-corrected chi connectivity index (χ0v) is 19.1. The molecule has 5 nitrogen and oxygen atoms in total. The maximum atomic E-state index is 13.0. The Morgan fingerprint density at radius 2 is 1.93 bits per heavy atom. The predicted molar refractivity (Wildman–Crippen MR) is 121 cm³/mol. The highest BCUT2D eigenvalue weighted by Crippen LogP contribution is 2.34. The fourth-order valence-corrected chi connectivity index (χ4v) is 5.76. The van der Waals surface area contributed by atoms with Gasteiger partial charge in [0, 0.05) is 31.8 Å². The molecular formula is C24H34N2O3S. The van der Waals surface area contributed by atoms with Gasteiger partial charge in [-0.15, -0.1) is 0 Å². The van der Waals surface area contributed by atoms with Crippen LogP contribution in [0.5, 0.6) is 10.9 Å². The number of fused-ring (bicyclic) bond motifs is 1. The molecule has 2 aliphatic rings. The fraction of sp³-hybridized carbons (Fsp3) is 0.667. The van der Waals surface area contributed by atoms with Crippen LogP contribution in [-0.2, 0) is 4.79 Å². The van der Waals surface area contributed by atoms with Crippen LogP contribution in [0.15, 0.2) is 18.2 Å². The minimum atomic E-state index is 0.140. The topological polar surface area (TPSA) is 51.7 Å². The largest absolute Gasteiger partial charge is 0.497 e. The van der Waals surface area contributed by atoms with Crippen LogP contribution in [0, 0.1) is 11.8 Å². The lowest BCUT2D eigenvalue weighted by atomic mass is 9.79. The molecule has 0 atom stereocenters. The molecule has 0 bridgehead atoms. The van der Waals surface area contributed by atoms with Crippen LogP contribution in [0.4, 0.5) is 0 Å². The Bertz CT molecular complexity index is 836. The summed E-state index contributed by atoms with van der Waals surface area (Å²) in [6, 6.07) is 5.89. The van der Waals surface area contributed by atoms with Gasteiger partial charge < -0.3 is 14.4 Å². The van der Waals surface area contributed by atoms with Gasteiger partial charge in [0.25, 0.3) is 5.19 Å². The number of hydrogen-bond donors (Lipinski definition) is 0. The van der Waals surface area contributed by atoms with Crippen LogP contribution < -0.4 is 9.47 Å². The monoisotopic (exact) mass is 430 g/mol. The third-order valence-electron chi connectivity index (χ3n) is 6.76. The van der Waals surface area contributed by atoms with Gasteiger partial charge in [0.2, 0.25) is 5.91 Å². The highest BCUT2D eigenvalue weighted by Gasteiger charge is 2.32. The molecule has 2 fully saturated rings. The Balaban J connectivity index is 1.24. The summed E-state index contributed by atoms with van der Waals surface area (Å²) in [5.41, 5.74) is 0.943. The first-order valence-corrected chi connectivity index (χ1v) is 12.4. The quantitative estimate of drug-likeness (QED) is 0.568. The molecule has 1 saturated carbocycles. The molecule has 1 amide bonds. The molecule has 1 aliphatic heterocycles. The highest BCUT2D eigenvalue weighted by molar-refractivity contribution is 7.20. The molecule has 2 aromatic rings. The number of methoxy groups -OCH3 is 1. The molecule has 0 spiro atoms. The lowest BCUT2D eigenvalue weighted by Gasteiger charge is -2.36. The van der Waals surface area contributed by atoms with Crippen LogP contribution in [0.1, 0.15) is 64.7 Å². The highest BCUT2D eigenvalue weighted by atomic mass is 32.1. The second-order valence-electron chi connectivity index (χ2n) is 8.82. The summed E-state index contributed by atoms with van der Waals surface area (Å²) >= 11 is 1.56. The van der Waals surface area contributed by atoms with E-state index < -0.39 is 0 Å². The van der Waals surface area contributed by atoms with Gasteiger partial charge >= 0.3 is 0 Å². The fourth-order valence-electron chi connectivity index (χ4n) is 4.85. The van der Waals surface area contributed by atoms with Crippen molar-refractivity contribution >= 4 is 27.5 Å². The van der Waals surface area contributed by atoms with Crippen molar-refractivity contribution in [3.63, 3.8) is 0 Å². The number of amides is 1. The molecule has 1 aromatic heterocycles. The number of carbonyl (C=O) groups is 1. The molecular weight excluding hydrogens is 396 g/mol. The zero-order chi connectivity index (χ0) is 20.9. The molecule has 30 heavy (non-hydrogen) atoms. The minimum Gasteiger partial charge on any atom is -0.497 e. The van der Waals surface area contributed by atoms with Crippen LogP contribution >= 0.6 is 11.3 Å². The van der Waals surface area contributed by atoms with Crippen molar-refractivity contribution in [2.45, 2.75) is 70.8 Å². The molecule has 164 valence electrons. The van der Waals surface area contributed by atoms with E-state index in [-0.39, 0.29) is 12.0 Å². The van der Waals surface area contributed by atoms with Gasteiger partial charge in [-0.3, -0.25) is 4.79 Å². The van der Waals surface area contributed by atoms with E-state index in [1.54, 1.807) is 18.4 Å². The number of unbranched alkanes of at least 4 members (excludes halogenated alkanes) is 1. The van der Waals surface area contributed by atoms with Crippen molar-refractivity contribution in [1.82, 2.24) is 9.88 Å². The van der Waals surface area contributed by atoms with Crippen LogP contribution in [-0.4, -0.2) is 42.1 Å². The van der Waals surface area contributed by atoms with Crippen molar-refractivity contribution in [2.75, 3.05) is 20.2 Å². The van der Waals surface area contributed by atoms with E-state index in [4.69, 9.17) is 9.47 Å². The Kier molecular flexibility index (Phi) is 7.13. The van der Waals surface area contributed by atoms with Crippen LogP contribution in [0.2, 0.25) is 0 Å². The number of ether oxygens (including phenoxy) is 2. The number of likely N-dealkylation sites (tertiary alicyclic amines) is 1. The smallest absolute Gasteiger partial charge is 0.274 e. The lowest BCUT2D eigenvalue weighted by Crippen LogP contribution is -2.45. The number of piperidine rings is 1. The Hall–Kier alpha value is -1.82. The summed E-state index contributed by atoms with van der Waals surface area (Å²) in [5.74, 6) is 2.32. The normalized spacial score (nSPS) is 22.9. The molecule has 1 aliphatic carbocycles. The van der Waals surface area contributed by atoms with Crippen molar-refractivity contribution in [2.24, 2.45) is 11.8 Å². The van der Waals surface area contributed by atoms with Gasteiger partial charge in [-0.2, -0.15) is 0 Å². The maximum Gasteiger partial charge on any atom is 0.274 e. The van der Waals surface area contributed by atoms with Crippen molar-refractivity contribution < 1.29 is 14.3 Å². The van der Waals surface area contributed by atoms with Crippen molar-refractivity contribution in [1.29, 1.82) is 0 Å². The van der Waals surface area contributed by atoms with E-state index >= 15 is 0 Å². The number of carbonyl (C=O) groups excluding carboxylic acids is 1.